The van der Waals surface area contributed by atoms with Crippen LogP contribution in [0.3, 0.4) is 0 Å². The lowest BCUT2D eigenvalue weighted by Crippen LogP contribution is -2.04. The van der Waals surface area contributed by atoms with Crippen molar-refractivity contribution < 1.29 is 17.9 Å². The first kappa shape index (κ1) is 17.8. The third-order valence-electron chi connectivity index (χ3n) is 4.22. The fourth-order valence-electron chi connectivity index (χ4n) is 2.82. The second-order valence-corrected chi connectivity index (χ2v) is 6.07. The number of rotatable bonds is 4. The number of nitrogens with zero attached hydrogens (tertiary/aromatic N) is 2. The first-order valence-corrected chi connectivity index (χ1v) is 8.37. The van der Waals surface area contributed by atoms with E-state index in [1.807, 2.05) is 12.1 Å². The minimum atomic E-state index is -4.41. The summed E-state index contributed by atoms with van der Waals surface area (Å²) >= 11 is 0. The number of H-pyrrole nitrogens is 1. The van der Waals surface area contributed by atoms with Crippen LogP contribution in [0.5, 0.6) is 5.75 Å². The maximum Gasteiger partial charge on any atom is 0.416 e. The number of imidazole rings is 1. The van der Waals surface area contributed by atoms with Gasteiger partial charge < -0.3 is 15.0 Å². The molecule has 0 atom stereocenters. The van der Waals surface area contributed by atoms with Crippen LogP contribution in [0.2, 0.25) is 0 Å². The van der Waals surface area contributed by atoms with Gasteiger partial charge in [-0.15, -0.1) is 0 Å². The molecule has 28 heavy (non-hydrogen) atoms. The van der Waals surface area contributed by atoms with E-state index >= 15 is 0 Å². The van der Waals surface area contributed by atoms with Gasteiger partial charge in [0.05, 0.1) is 18.2 Å². The quantitative estimate of drug-likeness (QED) is 0.495. The lowest BCUT2D eigenvalue weighted by molar-refractivity contribution is -0.137. The molecule has 0 radical (unpaired) electrons. The second kappa shape index (κ2) is 6.88. The van der Waals surface area contributed by atoms with Crippen molar-refractivity contribution in [2.45, 2.75) is 6.18 Å². The molecule has 4 aromatic rings. The number of methoxy groups -OCH3 is 1. The van der Waals surface area contributed by atoms with Crippen molar-refractivity contribution in [3.05, 3.63) is 66.4 Å². The van der Waals surface area contributed by atoms with E-state index in [1.165, 1.54) is 6.07 Å². The molecule has 0 aliphatic carbocycles. The van der Waals surface area contributed by atoms with Crippen LogP contribution in [0.4, 0.5) is 24.7 Å². The number of fused-ring (bicyclic) bond motifs is 1. The van der Waals surface area contributed by atoms with Crippen molar-refractivity contribution in [1.29, 1.82) is 0 Å². The second-order valence-electron chi connectivity index (χ2n) is 6.07. The maximum absolute atomic E-state index is 13.0. The molecule has 0 aliphatic rings. The third-order valence-corrected chi connectivity index (χ3v) is 4.22. The summed E-state index contributed by atoms with van der Waals surface area (Å²) in [7, 11) is 1.59. The van der Waals surface area contributed by atoms with Crippen molar-refractivity contribution in [2.24, 2.45) is 0 Å². The molecule has 0 unspecified atom stereocenters. The van der Waals surface area contributed by atoms with Gasteiger partial charge in [0.15, 0.2) is 5.82 Å². The van der Waals surface area contributed by atoms with E-state index in [-0.39, 0.29) is 0 Å². The van der Waals surface area contributed by atoms with Crippen molar-refractivity contribution in [3.63, 3.8) is 0 Å². The van der Waals surface area contributed by atoms with E-state index in [9.17, 15) is 13.2 Å². The van der Waals surface area contributed by atoms with Gasteiger partial charge in [-0.05, 0) is 42.5 Å². The fourth-order valence-corrected chi connectivity index (χ4v) is 2.82. The van der Waals surface area contributed by atoms with Crippen LogP contribution in [0, 0.1) is 0 Å². The third kappa shape index (κ3) is 3.48. The zero-order valence-corrected chi connectivity index (χ0v) is 14.7. The first-order valence-electron chi connectivity index (χ1n) is 8.37. The number of aromatic nitrogens is 3. The van der Waals surface area contributed by atoms with Gasteiger partial charge in [-0.25, -0.2) is 9.97 Å². The number of anilines is 2. The number of ether oxygens (including phenoxy) is 1. The predicted molar refractivity (Wildman–Crippen MR) is 101 cm³/mol. The Morgan fingerprint density at radius 2 is 1.82 bits per heavy atom. The molecular weight excluding hydrogens is 369 g/mol. The number of nitrogens with one attached hydrogen (secondary N) is 2. The van der Waals surface area contributed by atoms with Crippen molar-refractivity contribution in [3.8, 4) is 17.1 Å². The molecule has 0 bridgehead atoms. The Bertz CT molecular complexity index is 1120. The van der Waals surface area contributed by atoms with Gasteiger partial charge in [-0.1, -0.05) is 12.1 Å². The number of pyridine rings is 1. The summed E-state index contributed by atoms with van der Waals surface area (Å²) in [5, 5.41) is 3.17. The highest BCUT2D eigenvalue weighted by molar-refractivity contribution is 5.90. The average molecular weight is 384 g/mol. The Balaban J connectivity index is 1.71. The Morgan fingerprint density at radius 1 is 1.04 bits per heavy atom. The van der Waals surface area contributed by atoms with Crippen LogP contribution in [0.25, 0.3) is 22.4 Å². The van der Waals surface area contributed by atoms with E-state index < -0.39 is 11.7 Å². The molecule has 0 spiro atoms. The van der Waals surface area contributed by atoms with Crippen molar-refractivity contribution in [2.75, 3.05) is 12.4 Å². The van der Waals surface area contributed by atoms with Crippen LogP contribution < -0.4 is 10.1 Å². The molecule has 0 saturated carbocycles. The summed E-state index contributed by atoms with van der Waals surface area (Å²) in [4.78, 5) is 11.8. The number of hydrogen-bond donors (Lipinski definition) is 2. The van der Waals surface area contributed by atoms with Gasteiger partial charge in [-0.3, -0.25) is 0 Å². The number of halogens is 3. The Morgan fingerprint density at radius 3 is 2.54 bits per heavy atom. The molecule has 0 amide bonds. The van der Waals surface area contributed by atoms with Crippen LogP contribution in [-0.2, 0) is 6.18 Å². The normalized spacial score (nSPS) is 11.6. The van der Waals surface area contributed by atoms with E-state index in [2.05, 4.69) is 20.3 Å². The Labute approximate surface area is 158 Å². The number of benzene rings is 2. The summed E-state index contributed by atoms with van der Waals surface area (Å²) in [5.74, 6) is 1.56. The van der Waals surface area contributed by atoms with Gasteiger partial charge in [-0.2, -0.15) is 13.2 Å². The topological polar surface area (TPSA) is 62.8 Å². The summed E-state index contributed by atoms with van der Waals surface area (Å²) < 4.78 is 44.1. The fraction of sp³-hybridized carbons (Fsp3) is 0.100. The highest BCUT2D eigenvalue weighted by Gasteiger charge is 2.30. The molecule has 5 nitrogen and oxygen atoms in total. The van der Waals surface area contributed by atoms with Gasteiger partial charge in [0.2, 0.25) is 0 Å². The lowest BCUT2D eigenvalue weighted by atomic mass is 10.1. The summed E-state index contributed by atoms with van der Waals surface area (Å²) in [6.07, 6.45) is -2.81. The number of aromatic amines is 1. The van der Waals surface area contributed by atoms with Crippen molar-refractivity contribution in [1.82, 2.24) is 15.0 Å². The molecule has 2 aromatic heterocycles. The Kier molecular flexibility index (Phi) is 4.38. The molecule has 4 rings (SSSR count). The van der Waals surface area contributed by atoms with Crippen LogP contribution >= 0.6 is 0 Å². The molecule has 2 heterocycles. The van der Waals surface area contributed by atoms with Gasteiger partial charge in [0.25, 0.3) is 0 Å². The standard InChI is InChI=1S/C20H15F3N4O/c1-28-15-7-5-14(6-8-15)25-19-17-16(9-10-24-19)26-18(27-17)12-3-2-4-13(11-12)20(21,22)23/h2-11H,1H3,(H,24,25)(H,26,27). The molecule has 0 saturated heterocycles. The highest BCUT2D eigenvalue weighted by atomic mass is 19.4. The predicted octanol–water partition coefficient (Wildman–Crippen LogP) is 5.40. The number of hydrogen-bond acceptors (Lipinski definition) is 4. The molecular formula is C20H15F3N4O. The van der Waals surface area contributed by atoms with Gasteiger partial charge >= 0.3 is 6.18 Å². The summed E-state index contributed by atoms with van der Waals surface area (Å²) in [5.41, 5.74) is 1.61. The average Bonchev–Trinajstić information content (AvgIpc) is 3.13. The zero-order valence-electron chi connectivity index (χ0n) is 14.7. The molecule has 142 valence electrons. The van der Waals surface area contributed by atoms with Crippen LogP contribution in [-0.4, -0.2) is 22.1 Å². The molecule has 0 fully saturated rings. The van der Waals surface area contributed by atoms with Gasteiger partial charge in [0, 0.05) is 17.4 Å². The molecule has 0 aliphatic heterocycles. The van der Waals surface area contributed by atoms with E-state index in [0.29, 0.717) is 28.2 Å². The van der Waals surface area contributed by atoms with E-state index in [1.54, 1.807) is 37.6 Å². The van der Waals surface area contributed by atoms with Gasteiger partial charge in [0.1, 0.15) is 17.1 Å². The van der Waals surface area contributed by atoms with Crippen LogP contribution in [0.1, 0.15) is 5.56 Å². The largest absolute Gasteiger partial charge is 0.497 e. The molecule has 8 heteroatoms. The summed E-state index contributed by atoms with van der Waals surface area (Å²) in [6.45, 7) is 0. The minimum absolute atomic E-state index is 0.340. The van der Waals surface area contributed by atoms with E-state index in [0.717, 1.165) is 23.6 Å². The first-order chi connectivity index (χ1) is 13.4. The van der Waals surface area contributed by atoms with Crippen molar-refractivity contribution >= 4 is 22.5 Å². The smallest absolute Gasteiger partial charge is 0.416 e. The van der Waals surface area contributed by atoms with Crippen LogP contribution in [0.15, 0.2) is 60.8 Å². The molecule has 2 N–H and O–H groups in total. The maximum atomic E-state index is 13.0. The zero-order chi connectivity index (χ0) is 19.7. The molecule has 2 aromatic carbocycles. The van der Waals surface area contributed by atoms with E-state index in [4.69, 9.17) is 4.74 Å². The monoisotopic (exact) mass is 384 g/mol. The number of alkyl halides is 3. The SMILES string of the molecule is COc1ccc(Nc2nccc3[nH]c(-c4cccc(C(F)(F)F)c4)nc23)cc1. The lowest BCUT2D eigenvalue weighted by Gasteiger charge is -2.07. The summed E-state index contributed by atoms with van der Waals surface area (Å²) in [6, 6.07) is 14.0. The highest BCUT2D eigenvalue weighted by Crippen LogP contribution is 2.32. The Hall–Kier alpha value is -3.55. The minimum Gasteiger partial charge on any atom is -0.497 e.